The summed E-state index contributed by atoms with van der Waals surface area (Å²) in [5.41, 5.74) is 1.65. The molecule has 2 aromatic carbocycles. The summed E-state index contributed by atoms with van der Waals surface area (Å²) in [6.07, 6.45) is 2.80. The molecule has 0 spiro atoms. The summed E-state index contributed by atoms with van der Waals surface area (Å²) in [5, 5.41) is 2.30. The van der Waals surface area contributed by atoms with Crippen LogP contribution in [0.2, 0.25) is 0 Å². The van der Waals surface area contributed by atoms with Gasteiger partial charge in [-0.15, -0.1) is 0 Å². The summed E-state index contributed by atoms with van der Waals surface area (Å²) in [4.78, 5) is 14.6. The van der Waals surface area contributed by atoms with Crippen LogP contribution in [0, 0.1) is 0 Å². The van der Waals surface area contributed by atoms with Gasteiger partial charge in [0.25, 0.3) is 0 Å². The first-order valence-corrected chi connectivity index (χ1v) is 10.0. The number of unbranched alkanes of at least 4 members (excludes halogenated alkanes) is 1. The topological polar surface area (TPSA) is 38.8 Å². The molecule has 146 valence electrons. The summed E-state index contributed by atoms with van der Waals surface area (Å²) in [7, 11) is 0. The van der Waals surface area contributed by atoms with Crippen LogP contribution in [-0.2, 0) is 4.74 Å². The Morgan fingerprint density at radius 2 is 1.89 bits per heavy atom. The second-order valence-corrected chi connectivity index (χ2v) is 8.25. The van der Waals surface area contributed by atoms with E-state index in [9.17, 15) is 4.79 Å². The molecule has 0 saturated carbocycles. The van der Waals surface area contributed by atoms with Gasteiger partial charge in [-0.05, 0) is 44.6 Å². The number of anilines is 1. The van der Waals surface area contributed by atoms with Gasteiger partial charge in [-0.3, -0.25) is 4.90 Å². The van der Waals surface area contributed by atoms with E-state index >= 15 is 0 Å². The van der Waals surface area contributed by atoms with E-state index in [4.69, 9.17) is 9.47 Å². The molecule has 0 aromatic heterocycles. The van der Waals surface area contributed by atoms with Crippen molar-refractivity contribution in [3.05, 3.63) is 35.9 Å². The lowest BCUT2D eigenvalue weighted by atomic mass is 9.93. The van der Waals surface area contributed by atoms with Gasteiger partial charge in [0.15, 0.2) is 0 Å². The lowest BCUT2D eigenvalue weighted by Gasteiger charge is -2.25. The maximum Gasteiger partial charge on any atom is 0.414 e. The van der Waals surface area contributed by atoms with Gasteiger partial charge in [0.2, 0.25) is 0 Å². The molecule has 2 aromatic rings. The number of fused-ring (bicyclic) bond motifs is 3. The highest BCUT2D eigenvalue weighted by Crippen LogP contribution is 2.46. The van der Waals surface area contributed by atoms with Gasteiger partial charge in [0.05, 0.1) is 12.3 Å². The highest BCUT2D eigenvalue weighted by atomic mass is 16.6. The van der Waals surface area contributed by atoms with Crippen LogP contribution in [0.4, 0.5) is 10.5 Å². The van der Waals surface area contributed by atoms with E-state index in [2.05, 4.69) is 32.0 Å². The number of hydrogen-bond donors (Lipinski definition) is 0. The number of amides is 1. The van der Waals surface area contributed by atoms with Gasteiger partial charge in [-0.2, -0.15) is 0 Å². The van der Waals surface area contributed by atoms with Gasteiger partial charge in [-0.25, -0.2) is 4.79 Å². The molecule has 27 heavy (non-hydrogen) atoms. The van der Waals surface area contributed by atoms with Crippen molar-refractivity contribution in [3.63, 3.8) is 0 Å². The molecule has 1 amide bonds. The number of rotatable bonds is 5. The predicted octanol–water partition coefficient (Wildman–Crippen LogP) is 6.27. The number of hydrogen-bond acceptors (Lipinski definition) is 3. The van der Waals surface area contributed by atoms with E-state index in [1.165, 1.54) is 10.9 Å². The molecule has 0 bridgehead atoms. The third-order valence-corrected chi connectivity index (χ3v) is 4.99. The summed E-state index contributed by atoms with van der Waals surface area (Å²) in [5.74, 6) is 1.16. The van der Waals surface area contributed by atoms with Crippen molar-refractivity contribution in [2.24, 2.45) is 0 Å². The molecule has 0 saturated heterocycles. The summed E-state index contributed by atoms with van der Waals surface area (Å²) in [6.45, 7) is 11.4. The normalized spacial score (nSPS) is 16.5. The molecule has 1 aliphatic heterocycles. The van der Waals surface area contributed by atoms with E-state index in [-0.39, 0.29) is 6.09 Å². The van der Waals surface area contributed by atoms with Gasteiger partial charge in [0.1, 0.15) is 11.4 Å². The van der Waals surface area contributed by atoms with Crippen molar-refractivity contribution in [1.29, 1.82) is 0 Å². The first-order valence-electron chi connectivity index (χ1n) is 10.0. The molecule has 0 aliphatic carbocycles. The fraction of sp³-hybridized carbons (Fsp3) is 0.522. The Labute approximate surface area is 162 Å². The van der Waals surface area contributed by atoms with E-state index in [1.807, 2.05) is 32.9 Å². The van der Waals surface area contributed by atoms with Crippen LogP contribution >= 0.6 is 0 Å². The second kappa shape index (κ2) is 7.79. The van der Waals surface area contributed by atoms with Crippen LogP contribution in [-0.4, -0.2) is 24.8 Å². The van der Waals surface area contributed by atoms with E-state index in [0.717, 1.165) is 36.1 Å². The highest BCUT2D eigenvalue weighted by Gasteiger charge is 2.36. The molecule has 4 heteroatoms. The molecule has 3 rings (SSSR count). The number of carbonyl (C=O) groups excluding carboxylic acids is 1. The molecule has 0 fully saturated rings. The standard InChI is InChI=1S/C23H31NO3/c1-6-8-13-26-20-14-19-21(18-12-10-9-11-17(18)20)16(7-2)15-24(19)22(25)27-23(3,4)5/h9-12,14,16H,6-8,13,15H2,1-5H3/t16-/m1/s1. The number of ether oxygens (including phenoxy) is 2. The Hall–Kier alpha value is -2.23. The number of benzene rings is 2. The van der Waals surface area contributed by atoms with Crippen LogP contribution < -0.4 is 9.64 Å². The van der Waals surface area contributed by atoms with E-state index < -0.39 is 5.60 Å². The van der Waals surface area contributed by atoms with Crippen LogP contribution in [0.1, 0.15) is 65.4 Å². The van der Waals surface area contributed by atoms with Crippen LogP contribution in [0.5, 0.6) is 5.75 Å². The van der Waals surface area contributed by atoms with Crippen molar-refractivity contribution in [1.82, 2.24) is 0 Å². The SMILES string of the molecule is CCCCOc1cc2c(c3ccccc13)[C@H](CC)CN2C(=O)OC(C)(C)C. The second-order valence-electron chi connectivity index (χ2n) is 8.25. The number of carbonyl (C=O) groups is 1. The zero-order chi connectivity index (χ0) is 19.6. The quantitative estimate of drug-likeness (QED) is 0.583. The monoisotopic (exact) mass is 369 g/mol. The Balaban J connectivity index is 2.08. The third-order valence-electron chi connectivity index (χ3n) is 4.99. The van der Waals surface area contributed by atoms with Gasteiger partial charge in [0, 0.05) is 23.9 Å². The Morgan fingerprint density at radius 1 is 1.19 bits per heavy atom. The molecule has 4 nitrogen and oxygen atoms in total. The minimum absolute atomic E-state index is 0.283. The molecule has 1 aliphatic rings. The highest BCUT2D eigenvalue weighted by molar-refractivity contribution is 6.02. The Bertz CT molecular complexity index is 822. The van der Waals surface area contributed by atoms with Gasteiger partial charge in [-0.1, -0.05) is 44.5 Å². The van der Waals surface area contributed by atoms with Crippen LogP contribution in [0.25, 0.3) is 10.8 Å². The van der Waals surface area contributed by atoms with Gasteiger partial charge >= 0.3 is 6.09 Å². The van der Waals surface area contributed by atoms with Crippen molar-refractivity contribution in [2.45, 2.75) is 65.4 Å². The molecular formula is C23H31NO3. The first-order chi connectivity index (χ1) is 12.9. The summed E-state index contributed by atoms with van der Waals surface area (Å²) in [6, 6.07) is 10.4. The third kappa shape index (κ3) is 4.05. The minimum Gasteiger partial charge on any atom is -0.493 e. The predicted molar refractivity (Wildman–Crippen MR) is 111 cm³/mol. The van der Waals surface area contributed by atoms with Crippen molar-refractivity contribution < 1.29 is 14.3 Å². The van der Waals surface area contributed by atoms with Crippen LogP contribution in [0.15, 0.2) is 30.3 Å². The average Bonchev–Trinajstić information content (AvgIpc) is 2.99. The first kappa shape index (κ1) is 19.5. The smallest absolute Gasteiger partial charge is 0.414 e. The number of nitrogens with zero attached hydrogens (tertiary/aromatic N) is 1. The summed E-state index contributed by atoms with van der Waals surface area (Å²) >= 11 is 0. The minimum atomic E-state index is -0.515. The maximum absolute atomic E-state index is 12.9. The fourth-order valence-electron chi connectivity index (χ4n) is 3.68. The van der Waals surface area contributed by atoms with Crippen LogP contribution in [0.3, 0.4) is 0 Å². The molecular weight excluding hydrogens is 338 g/mol. The molecule has 1 atom stereocenters. The van der Waals surface area contributed by atoms with E-state index in [1.54, 1.807) is 4.90 Å². The Morgan fingerprint density at radius 3 is 2.52 bits per heavy atom. The Kier molecular flexibility index (Phi) is 5.64. The lowest BCUT2D eigenvalue weighted by Crippen LogP contribution is -2.36. The summed E-state index contributed by atoms with van der Waals surface area (Å²) < 4.78 is 11.8. The zero-order valence-electron chi connectivity index (χ0n) is 17.2. The lowest BCUT2D eigenvalue weighted by molar-refractivity contribution is 0.0582. The largest absolute Gasteiger partial charge is 0.493 e. The molecule has 1 heterocycles. The molecule has 0 unspecified atom stereocenters. The van der Waals surface area contributed by atoms with Crippen molar-refractivity contribution in [2.75, 3.05) is 18.1 Å². The molecule has 0 radical (unpaired) electrons. The maximum atomic E-state index is 12.9. The van der Waals surface area contributed by atoms with Crippen molar-refractivity contribution in [3.8, 4) is 5.75 Å². The molecule has 0 N–H and O–H groups in total. The van der Waals surface area contributed by atoms with Crippen molar-refractivity contribution >= 4 is 22.6 Å². The zero-order valence-corrected chi connectivity index (χ0v) is 17.2. The fourth-order valence-corrected chi connectivity index (χ4v) is 3.68. The van der Waals surface area contributed by atoms with E-state index in [0.29, 0.717) is 19.1 Å². The van der Waals surface area contributed by atoms with Gasteiger partial charge < -0.3 is 9.47 Å². The average molecular weight is 370 g/mol.